The predicted molar refractivity (Wildman–Crippen MR) is 87.4 cm³/mol. The van der Waals surface area contributed by atoms with Gasteiger partial charge in [0.15, 0.2) is 8.51 Å². The predicted octanol–water partition coefficient (Wildman–Crippen LogP) is 1.53. The third-order valence-corrected chi connectivity index (χ3v) is 3.42. The average molecular weight is 345 g/mol. The molecule has 1 amide bonds. The molecule has 9 heteroatoms. The number of carbonyl (C=O) groups excluding carboxylic acids is 1. The highest BCUT2D eigenvalue weighted by Crippen LogP contribution is 2.28. The van der Waals surface area contributed by atoms with Crippen molar-refractivity contribution in [1.29, 1.82) is 0 Å². The summed E-state index contributed by atoms with van der Waals surface area (Å²) in [4.78, 5) is 16.5. The molecule has 0 unspecified atom stereocenters. The van der Waals surface area contributed by atoms with Crippen molar-refractivity contribution in [3.8, 4) is 5.69 Å². The summed E-state index contributed by atoms with van der Waals surface area (Å²) in [7, 11) is 0. The number of aromatic amines is 1. The van der Waals surface area contributed by atoms with Gasteiger partial charge in [0.1, 0.15) is 5.70 Å². The number of nitrogens with one attached hydrogen (secondary N) is 3. The summed E-state index contributed by atoms with van der Waals surface area (Å²) < 4.78 is 33.6. The molecule has 24 heavy (non-hydrogen) atoms. The number of benzene rings is 1. The Morgan fingerprint density at radius 1 is 1.50 bits per heavy atom. The molecule has 118 valence electrons. The molecule has 1 aromatic carbocycles. The number of hydrogen-bond donors (Lipinski definition) is 3. The number of tetrazole rings is 1. The maximum atomic E-state index is 12.7. The first-order valence-electron chi connectivity index (χ1n) is 8.65. The number of halogens is 1. The van der Waals surface area contributed by atoms with Crippen LogP contribution in [-0.4, -0.2) is 26.4 Å². The summed E-state index contributed by atoms with van der Waals surface area (Å²) in [6.45, 7) is 0. The van der Waals surface area contributed by atoms with Crippen molar-refractivity contribution in [3.63, 3.8) is 0 Å². The first-order chi connectivity index (χ1) is 13.4. The zero-order valence-corrected chi connectivity index (χ0v) is 12.7. The molecule has 0 saturated carbocycles. The Morgan fingerprint density at radius 3 is 3.25 bits per heavy atom. The van der Waals surface area contributed by atoms with Crippen molar-refractivity contribution < 1.29 is 15.1 Å². The first kappa shape index (κ1) is 10.5. The van der Waals surface area contributed by atoms with E-state index >= 15 is 0 Å². The summed E-state index contributed by atoms with van der Waals surface area (Å²) in [6, 6.07) is 7.02. The number of H-pyrrole nitrogens is 1. The monoisotopic (exact) mass is 344 g/mol. The molecule has 8 nitrogen and oxygen atoms in total. The fourth-order valence-electron chi connectivity index (χ4n) is 2.18. The Hall–Kier alpha value is -3.26. The molecular weight excluding hydrogens is 330 g/mol. The van der Waals surface area contributed by atoms with E-state index in [9.17, 15) is 4.79 Å². The van der Waals surface area contributed by atoms with Gasteiger partial charge in [-0.05, 0) is 35.5 Å². The minimum atomic E-state index is -1.00. The van der Waals surface area contributed by atoms with Crippen LogP contribution in [0.1, 0.15) is 7.20 Å². The summed E-state index contributed by atoms with van der Waals surface area (Å²) in [5.74, 6) is -1.06. The maximum Gasteiger partial charge on any atom is 0.351 e. The van der Waals surface area contributed by atoms with Gasteiger partial charge in [-0.1, -0.05) is 16.3 Å². The topological polar surface area (TPSA) is 99.5 Å². The number of aromatic nitrogens is 5. The van der Waals surface area contributed by atoms with E-state index < -0.39 is 12.0 Å². The highest BCUT2D eigenvalue weighted by molar-refractivity contribution is 6.31. The summed E-state index contributed by atoms with van der Waals surface area (Å²) in [6.07, 6.45) is 2.79. The van der Waals surface area contributed by atoms with Crippen LogP contribution < -0.4 is 15.3 Å². The second-order valence-electron chi connectivity index (χ2n) is 4.76. The molecule has 0 fully saturated rings. The molecule has 2 aromatic heterocycles. The van der Waals surface area contributed by atoms with Gasteiger partial charge in [-0.25, -0.2) is 0 Å². The SMILES string of the molecule is [2H]/C(C(=O)N([2H])c1cccnc1)=C1\c2nn([2H])n[n+]2-c2ccc(Cl)cc2N1[2H]. The quantitative estimate of drug-likeness (QED) is 0.483. The van der Waals surface area contributed by atoms with Gasteiger partial charge in [0.25, 0.3) is 5.91 Å². The van der Waals surface area contributed by atoms with E-state index in [2.05, 4.69) is 15.3 Å². The summed E-state index contributed by atoms with van der Waals surface area (Å²) in [5, 5.41) is 9.93. The lowest BCUT2D eigenvalue weighted by Gasteiger charge is -2.15. The van der Waals surface area contributed by atoms with E-state index in [1.54, 1.807) is 18.2 Å². The smallest absolute Gasteiger partial charge is 0.347 e. The van der Waals surface area contributed by atoms with Gasteiger partial charge < -0.3 is 10.6 Å². The van der Waals surface area contributed by atoms with Gasteiger partial charge in [-0.3, -0.25) is 9.78 Å². The molecule has 3 N–H and O–H groups in total. The standard InChI is InChI=1S/C15H10ClN7O/c16-9-3-4-13-11(6-9)19-12(15-20-21-22-23(13)15)7-14(24)18-10-2-1-5-17-8-10/h1-8H,(H2,18,19,24)/p+1/i7D/hD3. The largest absolute Gasteiger partial charge is 0.351 e. The van der Waals surface area contributed by atoms with Crippen LogP contribution in [0, 0.1) is 0 Å². The number of pyridine rings is 1. The lowest BCUT2D eigenvalue weighted by atomic mass is 10.2. The molecule has 0 atom stereocenters. The van der Waals surface area contributed by atoms with E-state index in [4.69, 9.17) is 17.2 Å². The molecule has 0 aliphatic carbocycles. The number of rotatable bonds is 2. The fraction of sp³-hybridized carbons (Fsp3) is 0. The Kier molecular flexibility index (Phi) is 2.51. The van der Waals surface area contributed by atoms with E-state index in [0.717, 1.165) is 5.31 Å². The summed E-state index contributed by atoms with van der Waals surface area (Å²) in [5.41, 5.74) is 0.577. The van der Waals surface area contributed by atoms with Gasteiger partial charge in [0.2, 0.25) is 0 Å². The van der Waals surface area contributed by atoms with Crippen molar-refractivity contribution in [1.82, 2.24) is 20.5 Å². The third-order valence-electron chi connectivity index (χ3n) is 3.18. The molecule has 1 aliphatic rings. The molecule has 0 saturated heterocycles. The lowest BCUT2D eigenvalue weighted by Crippen LogP contribution is -2.41. The normalized spacial score (nSPS) is 17.0. The number of nitrogens with zero attached hydrogens (tertiary/aromatic N) is 4. The van der Waals surface area contributed by atoms with Crippen molar-refractivity contribution in [2.45, 2.75) is 0 Å². The van der Waals surface area contributed by atoms with Gasteiger partial charge in [0, 0.05) is 17.3 Å². The second-order valence-corrected chi connectivity index (χ2v) is 5.20. The highest BCUT2D eigenvalue weighted by Gasteiger charge is 2.29. The number of fused-ring (bicyclic) bond motifs is 3. The maximum absolute atomic E-state index is 12.7. The molecule has 4 rings (SSSR count). The zero-order chi connectivity index (χ0) is 20.0. The van der Waals surface area contributed by atoms with E-state index in [1.165, 1.54) is 29.2 Å². The van der Waals surface area contributed by atoms with E-state index in [-0.39, 0.29) is 22.9 Å². The van der Waals surface area contributed by atoms with Crippen LogP contribution in [0.25, 0.3) is 11.4 Å². The fourth-order valence-corrected chi connectivity index (χ4v) is 2.35. The summed E-state index contributed by atoms with van der Waals surface area (Å²) >= 11 is 6.02. The minimum Gasteiger partial charge on any atom is -0.347 e. The molecular formula is C15H11ClN7O+. The van der Waals surface area contributed by atoms with Crippen molar-refractivity contribution in [2.75, 3.05) is 10.6 Å². The van der Waals surface area contributed by atoms with Crippen LogP contribution in [0.2, 0.25) is 9.26 Å². The van der Waals surface area contributed by atoms with Gasteiger partial charge >= 0.3 is 7.24 Å². The molecule has 1 aliphatic heterocycles. The Balaban J connectivity index is 1.87. The Morgan fingerprint density at radius 2 is 2.42 bits per heavy atom. The van der Waals surface area contributed by atoms with E-state index in [1.807, 2.05) is 0 Å². The van der Waals surface area contributed by atoms with Crippen LogP contribution in [0.15, 0.2) is 48.8 Å². The molecule has 3 aromatic rings. The first-order valence-corrected chi connectivity index (χ1v) is 7.18. The van der Waals surface area contributed by atoms with Gasteiger partial charge in [-0.2, -0.15) is 0 Å². The van der Waals surface area contributed by atoms with Crippen LogP contribution in [-0.2, 0) is 4.79 Å². The lowest BCUT2D eigenvalue weighted by molar-refractivity contribution is -0.662. The number of amides is 1. The van der Waals surface area contributed by atoms with Crippen molar-refractivity contribution >= 4 is 34.6 Å². The second kappa shape index (κ2) is 5.74. The molecule has 0 radical (unpaired) electrons. The molecule has 3 heterocycles. The number of carbonyl (C=O) groups is 1. The highest BCUT2D eigenvalue weighted by atomic mass is 35.5. The number of anilines is 2. The van der Waals surface area contributed by atoms with Gasteiger partial charge in [-0.15, -0.1) is 0 Å². The third kappa shape index (κ3) is 2.59. The van der Waals surface area contributed by atoms with Crippen LogP contribution >= 0.6 is 11.6 Å². The van der Waals surface area contributed by atoms with Crippen molar-refractivity contribution in [2.24, 2.45) is 0 Å². The van der Waals surface area contributed by atoms with Crippen LogP contribution in [0.3, 0.4) is 0 Å². The minimum absolute atomic E-state index is 0.0576. The van der Waals surface area contributed by atoms with Crippen molar-refractivity contribution in [3.05, 3.63) is 59.6 Å². The van der Waals surface area contributed by atoms with E-state index in [0.29, 0.717) is 21.2 Å². The average Bonchev–Trinajstić information content (AvgIpc) is 3.08. The van der Waals surface area contributed by atoms with Crippen LogP contribution in [0.4, 0.5) is 11.4 Å². The zero-order valence-electron chi connectivity index (χ0n) is 16.0. The molecule has 0 spiro atoms. The van der Waals surface area contributed by atoms with Gasteiger partial charge in [0.05, 0.1) is 29.3 Å². The Bertz CT molecular complexity index is 1120. The molecule has 0 bridgehead atoms. The number of hydrogen-bond acceptors (Lipinski definition) is 5. The van der Waals surface area contributed by atoms with Crippen LogP contribution in [0.5, 0.6) is 0 Å². The Labute approximate surface area is 147 Å².